The van der Waals surface area contributed by atoms with Gasteiger partial charge in [-0.3, -0.25) is 0 Å². The van der Waals surface area contributed by atoms with Crippen molar-refractivity contribution in [3.63, 3.8) is 0 Å². The van der Waals surface area contributed by atoms with Crippen LogP contribution in [0.5, 0.6) is 0 Å². The molecule has 0 saturated carbocycles. The van der Waals surface area contributed by atoms with Gasteiger partial charge in [0.1, 0.15) is 0 Å². The van der Waals surface area contributed by atoms with Crippen LogP contribution in [0.25, 0.3) is 0 Å². The molecule has 0 aliphatic rings. The Balaban J connectivity index is 0.00000256. The van der Waals surface area contributed by atoms with Gasteiger partial charge in [-0.05, 0) is 11.6 Å². The summed E-state index contributed by atoms with van der Waals surface area (Å²) in [4.78, 5) is 0. The first-order valence-corrected chi connectivity index (χ1v) is 4.74. The fourth-order valence-corrected chi connectivity index (χ4v) is 1.64. The van der Waals surface area contributed by atoms with Crippen molar-refractivity contribution in [2.24, 2.45) is 5.73 Å². The van der Waals surface area contributed by atoms with E-state index in [-0.39, 0.29) is 24.4 Å². The second-order valence-electron chi connectivity index (χ2n) is 3.18. The van der Waals surface area contributed by atoms with Crippen LogP contribution in [-0.4, -0.2) is 0 Å². The second-order valence-corrected chi connectivity index (χ2v) is 3.55. The van der Waals surface area contributed by atoms with E-state index in [2.05, 4.69) is 0 Å². The molecule has 2 N–H and O–H groups in total. The Morgan fingerprint density at radius 2 is 2.00 bits per heavy atom. The third kappa shape index (κ3) is 3.77. The molecule has 0 radical (unpaired) electrons. The van der Waals surface area contributed by atoms with Crippen LogP contribution in [-0.2, 0) is 6.18 Å². The zero-order chi connectivity index (χ0) is 12.3. The second kappa shape index (κ2) is 6.10. The Labute approximate surface area is 108 Å². The van der Waals surface area contributed by atoms with E-state index in [0.717, 1.165) is 6.07 Å². The molecule has 0 aliphatic heterocycles. The van der Waals surface area contributed by atoms with Gasteiger partial charge in [-0.2, -0.15) is 18.4 Å². The molecule has 94 valence electrons. The molecular weight excluding hydrogens is 276 g/mol. The highest BCUT2D eigenvalue weighted by Gasteiger charge is 2.34. The average Bonchev–Trinajstić information content (AvgIpc) is 2.16. The van der Waals surface area contributed by atoms with Crippen LogP contribution in [0.3, 0.4) is 0 Å². The van der Waals surface area contributed by atoms with Gasteiger partial charge in [-0.1, -0.05) is 23.7 Å². The quantitative estimate of drug-likeness (QED) is 0.900. The highest BCUT2D eigenvalue weighted by Crippen LogP contribution is 2.37. The van der Waals surface area contributed by atoms with Crippen molar-refractivity contribution < 1.29 is 13.2 Å². The minimum Gasteiger partial charge on any atom is -0.323 e. The molecule has 7 heteroatoms. The Bertz CT molecular complexity index is 427. The van der Waals surface area contributed by atoms with Gasteiger partial charge in [0.15, 0.2) is 0 Å². The highest BCUT2D eigenvalue weighted by atomic mass is 35.5. The summed E-state index contributed by atoms with van der Waals surface area (Å²) in [5, 5.41) is 7.99. The first-order chi connectivity index (χ1) is 7.38. The minimum atomic E-state index is -4.51. The third-order valence-corrected chi connectivity index (χ3v) is 2.47. The fraction of sp³-hybridized carbons (Fsp3) is 0.300. The van der Waals surface area contributed by atoms with Crippen molar-refractivity contribution in [3.8, 4) is 6.07 Å². The lowest BCUT2D eigenvalue weighted by molar-refractivity contribution is -0.137. The molecule has 0 fully saturated rings. The van der Waals surface area contributed by atoms with Crippen LogP contribution in [0, 0.1) is 11.3 Å². The number of benzene rings is 1. The summed E-state index contributed by atoms with van der Waals surface area (Å²) in [7, 11) is 0. The van der Waals surface area contributed by atoms with E-state index in [4.69, 9.17) is 22.6 Å². The standard InChI is InChI=1S/C10H8ClF3N2.ClH/c11-9-6(8(16)4-5-15)2-1-3-7(9)10(12,13)14;/h1-3,8H,4,16H2;1H/t8-;/m0./s1. The molecular formula is C10H9Cl2F3N2. The summed E-state index contributed by atoms with van der Waals surface area (Å²) in [6.45, 7) is 0. The van der Waals surface area contributed by atoms with Crippen molar-refractivity contribution >= 4 is 24.0 Å². The van der Waals surface area contributed by atoms with Crippen LogP contribution < -0.4 is 5.73 Å². The van der Waals surface area contributed by atoms with Crippen molar-refractivity contribution in [1.82, 2.24) is 0 Å². The van der Waals surface area contributed by atoms with E-state index in [0.29, 0.717) is 0 Å². The van der Waals surface area contributed by atoms with Gasteiger partial charge in [0.05, 0.1) is 23.1 Å². The Hall–Kier alpha value is -0.960. The van der Waals surface area contributed by atoms with Crippen LogP contribution >= 0.6 is 24.0 Å². The van der Waals surface area contributed by atoms with E-state index >= 15 is 0 Å². The zero-order valence-electron chi connectivity index (χ0n) is 8.46. The molecule has 0 aromatic heterocycles. The maximum atomic E-state index is 12.5. The van der Waals surface area contributed by atoms with E-state index in [1.54, 1.807) is 6.07 Å². The van der Waals surface area contributed by atoms with Gasteiger partial charge >= 0.3 is 6.18 Å². The molecule has 2 nitrogen and oxygen atoms in total. The summed E-state index contributed by atoms with van der Waals surface area (Å²) < 4.78 is 37.5. The van der Waals surface area contributed by atoms with Crippen LogP contribution in [0.2, 0.25) is 5.02 Å². The third-order valence-electron chi connectivity index (χ3n) is 2.04. The van der Waals surface area contributed by atoms with Crippen molar-refractivity contribution in [1.29, 1.82) is 5.26 Å². The number of hydrogen-bond acceptors (Lipinski definition) is 2. The number of rotatable bonds is 2. The van der Waals surface area contributed by atoms with E-state index in [1.807, 2.05) is 0 Å². The zero-order valence-corrected chi connectivity index (χ0v) is 10.0. The van der Waals surface area contributed by atoms with E-state index in [9.17, 15) is 13.2 Å². The largest absolute Gasteiger partial charge is 0.417 e. The number of nitriles is 1. The average molecular weight is 285 g/mol. The fourth-order valence-electron chi connectivity index (χ4n) is 1.26. The number of alkyl halides is 3. The number of nitrogens with zero attached hydrogens (tertiary/aromatic N) is 1. The lowest BCUT2D eigenvalue weighted by Crippen LogP contribution is -2.13. The van der Waals surface area contributed by atoms with E-state index in [1.165, 1.54) is 12.1 Å². The van der Waals surface area contributed by atoms with Gasteiger partial charge in [-0.15, -0.1) is 12.4 Å². The Morgan fingerprint density at radius 1 is 1.41 bits per heavy atom. The molecule has 1 aromatic carbocycles. The van der Waals surface area contributed by atoms with Gasteiger partial charge in [0.25, 0.3) is 0 Å². The maximum Gasteiger partial charge on any atom is 0.417 e. The molecule has 1 atom stereocenters. The summed E-state index contributed by atoms with van der Waals surface area (Å²) >= 11 is 5.61. The summed E-state index contributed by atoms with van der Waals surface area (Å²) in [5.74, 6) is 0. The monoisotopic (exact) mass is 284 g/mol. The van der Waals surface area contributed by atoms with Gasteiger partial charge < -0.3 is 5.73 Å². The molecule has 0 amide bonds. The first kappa shape index (κ1) is 16.0. The molecule has 1 aromatic rings. The van der Waals surface area contributed by atoms with Crippen molar-refractivity contribution in [2.75, 3.05) is 0 Å². The maximum absolute atomic E-state index is 12.5. The Morgan fingerprint density at radius 3 is 2.47 bits per heavy atom. The SMILES string of the molecule is Cl.N#CC[C@H](N)c1cccc(C(F)(F)F)c1Cl. The molecule has 0 unspecified atom stereocenters. The molecule has 0 bridgehead atoms. The van der Waals surface area contributed by atoms with Crippen molar-refractivity contribution in [2.45, 2.75) is 18.6 Å². The van der Waals surface area contributed by atoms with Crippen LogP contribution in [0.15, 0.2) is 18.2 Å². The van der Waals surface area contributed by atoms with Crippen LogP contribution in [0.1, 0.15) is 23.6 Å². The van der Waals surface area contributed by atoms with Crippen LogP contribution in [0.4, 0.5) is 13.2 Å². The molecule has 0 aliphatic carbocycles. The smallest absolute Gasteiger partial charge is 0.323 e. The molecule has 17 heavy (non-hydrogen) atoms. The lowest BCUT2D eigenvalue weighted by atomic mass is 10.0. The molecule has 0 saturated heterocycles. The molecule has 1 rings (SSSR count). The lowest BCUT2D eigenvalue weighted by Gasteiger charge is -2.15. The first-order valence-electron chi connectivity index (χ1n) is 4.36. The van der Waals surface area contributed by atoms with Gasteiger partial charge in [0, 0.05) is 6.04 Å². The van der Waals surface area contributed by atoms with Gasteiger partial charge in [-0.25, -0.2) is 0 Å². The topological polar surface area (TPSA) is 49.8 Å². The molecule has 0 heterocycles. The van der Waals surface area contributed by atoms with Gasteiger partial charge in [0.2, 0.25) is 0 Å². The predicted octanol–water partition coefficient (Wildman–Crippen LogP) is 3.69. The number of hydrogen-bond donors (Lipinski definition) is 1. The Kier molecular flexibility index (Phi) is 5.76. The summed E-state index contributed by atoms with van der Waals surface area (Å²) in [6.07, 6.45) is -4.60. The highest BCUT2D eigenvalue weighted by molar-refractivity contribution is 6.32. The minimum absolute atomic E-state index is 0. The normalized spacial score (nSPS) is 12.5. The number of halogens is 5. The summed E-state index contributed by atoms with van der Waals surface area (Å²) in [5.41, 5.74) is 4.75. The number of nitrogens with two attached hydrogens (primary N) is 1. The molecule has 0 spiro atoms. The van der Waals surface area contributed by atoms with Crippen molar-refractivity contribution in [3.05, 3.63) is 34.3 Å². The van der Waals surface area contributed by atoms with E-state index < -0.39 is 22.8 Å². The predicted molar refractivity (Wildman–Crippen MR) is 60.9 cm³/mol. The summed E-state index contributed by atoms with van der Waals surface area (Å²) in [6, 6.07) is 4.47.